The lowest BCUT2D eigenvalue weighted by Gasteiger charge is -2.13. The molecule has 64 heavy (non-hydrogen) atoms. The van der Waals surface area contributed by atoms with E-state index in [0.29, 0.717) is 0 Å². The monoisotopic (exact) mass is 1080 g/mol. The Hall–Kier alpha value is -6.23. The number of nitrogens with zero attached hydrogens (tertiary/aromatic N) is 5. The van der Waals surface area contributed by atoms with E-state index >= 15 is 0 Å². The predicted octanol–water partition coefficient (Wildman–Crippen LogP) is 16.7. The van der Waals surface area contributed by atoms with Gasteiger partial charge in [-0.2, -0.15) is 0 Å². The van der Waals surface area contributed by atoms with E-state index in [1.54, 1.807) is 0 Å². The summed E-state index contributed by atoms with van der Waals surface area (Å²) in [6, 6.07) is 60.1. The smallest absolute Gasteiger partial charge is 0.0900 e. The minimum absolute atomic E-state index is 0.750. The Morgan fingerprint density at radius 2 is 0.594 bits per heavy atom. The molecule has 0 saturated carbocycles. The van der Waals surface area contributed by atoms with Crippen molar-refractivity contribution in [3.63, 3.8) is 0 Å². The van der Waals surface area contributed by atoms with Gasteiger partial charge in [-0.25, -0.2) is 4.98 Å². The number of aromatic nitrogens is 5. The van der Waals surface area contributed by atoms with Gasteiger partial charge < -0.3 is 0 Å². The van der Waals surface area contributed by atoms with Gasteiger partial charge in [-0.05, 0) is 106 Å². The van der Waals surface area contributed by atoms with Gasteiger partial charge in [0.2, 0.25) is 0 Å². The molecule has 5 aromatic carbocycles. The quantitative estimate of drug-likeness (QED) is 0.144. The molecule has 9 heteroatoms. The van der Waals surface area contributed by atoms with E-state index in [9.17, 15) is 0 Å². The van der Waals surface area contributed by atoms with Crippen molar-refractivity contribution in [2.45, 2.75) is 0 Å². The standard InChI is InChI=1S/C55H33Br4N5/c56-46-10-4-1-7-42(46)34-13-15-35(16-14-34)50-24-21-40(33-61-50)51-23-18-39(30-60-51)45-22-17-36(27-49(45)59)41-28-54(52-25-19-37(31-62-52)43-8-2-5-11-47(43)57)64-55(29-41)53-26-20-38(32-63-53)44-9-3-6-12-48(44)58/h1-33H. The van der Waals surface area contributed by atoms with Crippen LogP contribution in [0.15, 0.2) is 219 Å². The Bertz CT molecular complexity index is 3180. The van der Waals surface area contributed by atoms with E-state index in [2.05, 4.69) is 167 Å². The summed E-state index contributed by atoms with van der Waals surface area (Å²) < 4.78 is 4.05. The van der Waals surface area contributed by atoms with Crippen LogP contribution in [0.1, 0.15) is 0 Å². The number of hydrogen-bond donors (Lipinski definition) is 0. The highest BCUT2D eigenvalue weighted by Gasteiger charge is 2.15. The minimum Gasteiger partial charge on any atom is -0.256 e. The first-order valence-corrected chi connectivity index (χ1v) is 23.5. The van der Waals surface area contributed by atoms with E-state index < -0.39 is 0 Å². The molecule has 0 atom stereocenters. The first-order valence-electron chi connectivity index (χ1n) is 20.4. The van der Waals surface area contributed by atoms with Crippen molar-refractivity contribution < 1.29 is 0 Å². The zero-order valence-electron chi connectivity index (χ0n) is 33.8. The summed E-state index contributed by atoms with van der Waals surface area (Å²) in [5, 5.41) is 0. The Balaban J connectivity index is 0.923. The molecule has 10 aromatic rings. The zero-order chi connectivity index (χ0) is 43.6. The summed E-state index contributed by atoms with van der Waals surface area (Å²) in [5.41, 5.74) is 17.4. The number of benzene rings is 5. The maximum absolute atomic E-state index is 5.13. The molecule has 10 rings (SSSR count). The van der Waals surface area contributed by atoms with Gasteiger partial charge >= 0.3 is 0 Å². The maximum atomic E-state index is 5.13. The number of hydrogen-bond acceptors (Lipinski definition) is 5. The van der Waals surface area contributed by atoms with Crippen LogP contribution in [0.25, 0.3) is 101 Å². The van der Waals surface area contributed by atoms with Crippen molar-refractivity contribution in [2.75, 3.05) is 0 Å². The zero-order valence-corrected chi connectivity index (χ0v) is 40.1. The van der Waals surface area contributed by atoms with E-state index in [4.69, 9.17) is 24.9 Å². The molecule has 5 aromatic heterocycles. The van der Waals surface area contributed by atoms with E-state index in [0.717, 1.165) is 119 Å². The average Bonchev–Trinajstić information content (AvgIpc) is 3.35. The molecular weight excluding hydrogens is 1050 g/mol. The van der Waals surface area contributed by atoms with Crippen molar-refractivity contribution in [3.8, 4) is 101 Å². The Kier molecular flexibility index (Phi) is 12.1. The molecule has 0 radical (unpaired) electrons. The fourth-order valence-corrected chi connectivity index (χ4v) is 9.79. The van der Waals surface area contributed by atoms with Crippen LogP contribution in [0.3, 0.4) is 0 Å². The summed E-state index contributed by atoms with van der Waals surface area (Å²) in [5.74, 6) is 0. The van der Waals surface area contributed by atoms with Gasteiger partial charge in [0, 0.05) is 70.5 Å². The molecule has 0 N–H and O–H groups in total. The minimum atomic E-state index is 0.750. The summed E-state index contributed by atoms with van der Waals surface area (Å²) >= 11 is 14.9. The summed E-state index contributed by atoms with van der Waals surface area (Å²) in [4.78, 5) is 24.6. The van der Waals surface area contributed by atoms with Crippen molar-refractivity contribution in [1.82, 2.24) is 24.9 Å². The van der Waals surface area contributed by atoms with Crippen molar-refractivity contribution in [2.24, 2.45) is 0 Å². The Morgan fingerprint density at radius 1 is 0.234 bits per heavy atom. The summed E-state index contributed by atoms with van der Waals surface area (Å²) in [6.45, 7) is 0. The topological polar surface area (TPSA) is 64.5 Å². The molecular formula is C55H33Br4N5. The molecule has 0 saturated heterocycles. The van der Waals surface area contributed by atoms with Gasteiger partial charge in [0.05, 0.1) is 34.2 Å². The third-order valence-corrected chi connectivity index (χ3v) is 13.8. The Morgan fingerprint density at radius 3 is 1.03 bits per heavy atom. The highest BCUT2D eigenvalue weighted by atomic mass is 79.9. The third-order valence-electron chi connectivity index (χ3n) is 11.0. The maximum Gasteiger partial charge on any atom is 0.0900 e. The molecule has 0 aliphatic heterocycles. The molecule has 0 spiro atoms. The molecule has 5 heterocycles. The second-order valence-electron chi connectivity index (χ2n) is 15.1. The van der Waals surface area contributed by atoms with Gasteiger partial charge in [-0.3, -0.25) is 19.9 Å². The van der Waals surface area contributed by atoms with Crippen LogP contribution in [0.2, 0.25) is 0 Å². The fourth-order valence-electron chi connectivity index (χ4n) is 7.64. The second kappa shape index (κ2) is 18.5. The van der Waals surface area contributed by atoms with Crippen LogP contribution in [0.4, 0.5) is 0 Å². The molecule has 0 unspecified atom stereocenters. The lowest BCUT2D eigenvalue weighted by molar-refractivity contribution is 1.22. The molecule has 0 amide bonds. The molecule has 306 valence electrons. The SMILES string of the molecule is Brc1ccccc1-c1ccc(-c2ccc(-c3ccc(-c4ccc(-c5cc(-c6ccc(-c7ccccc7Br)cn6)nc(-c6ccc(-c7ccccc7Br)cn6)c5)cc4Br)cn3)cn2)cc1. The summed E-state index contributed by atoms with van der Waals surface area (Å²) in [6.07, 6.45) is 7.60. The molecule has 0 aliphatic carbocycles. The number of rotatable bonds is 9. The van der Waals surface area contributed by atoms with Crippen LogP contribution in [0.5, 0.6) is 0 Å². The van der Waals surface area contributed by atoms with E-state index in [1.807, 2.05) is 97.6 Å². The largest absolute Gasteiger partial charge is 0.256 e. The fraction of sp³-hybridized carbons (Fsp3) is 0. The highest BCUT2D eigenvalue weighted by Crippen LogP contribution is 2.37. The third kappa shape index (κ3) is 8.81. The van der Waals surface area contributed by atoms with Crippen LogP contribution in [0, 0.1) is 0 Å². The average molecular weight is 1080 g/mol. The van der Waals surface area contributed by atoms with Crippen LogP contribution in [-0.4, -0.2) is 24.9 Å². The van der Waals surface area contributed by atoms with Crippen LogP contribution >= 0.6 is 63.7 Å². The van der Waals surface area contributed by atoms with Crippen molar-refractivity contribution in [1.29, 1.82) is 0 Å². The number of halogens is 4. The predicted molar refractivity (Wildman–Crippen MR) is 275 cm³/mol. The van der Waals surface area contributed by atoms with Gasteiger partial charge in [-0.1, -0.05) is 173 Å². The van der Waals surface area contributed by atoms with Gasteiger partial charge in [-0.15, -0.1) is 0 Å². The van der Waals surface area contributed by atoms with Gasteiger partial charge in [0.1, 0.15) is 0 Å². The lowest BCUT2D eigenvalue weighted by Crippen LogP contribution is -1.95. The molecule has 5 nitrogen and oxygen atoms in total. The van der Waals surface area contributed by atoms with Crippen LogP contribution < -0.4 is 0 Å². The van der Waals surface area contributed by atoms with Gasteiger partial charge in [0.15, 0.2) is 0 Å². The number of pyridine rings is 5. The van der Waals surface area contributed by atoms with Crippen molar-refractivity contribution >= 4 is 63.7 Å². The summed E-state index contributed by atoms with van der Waals surface area (Å²) in [7, 11) is 0. The van der Waals surface area contributed by atoms with E-state index in [1.165, 1.54) is 0 Å². The van der Waals surface area contributed by atoms with Crippen LogP contribution in [-0.2, 0) is 0 Å². The van der Waals surface area contributed by atoms with E-state index in [-0.39, 0.29) is 0 Å². The molecule has 0 fully saturated rings. The molecule has 0 bridgehead atoms. The first-order chi connectivity index (χ1) is 31.3. The highest BCUT2D eigenvalue weighted by molar-refractivity contribution is 9.11. The normalized spacial score (nSPS) is 11.1. The van der Waals surface area contributed by atoms with Gasteiger partial charge in [0.25, 0.3) is 0 Å². The lowest BCUT2D eigenvalue weighted by atomic mass is 9.99. The second-order valence-corrected chi connectivity index (χ2v) is 18.5. The Labute approximate surface area is 405 Å². The first kappa shape index (κ1) is 41.8. The molecule has 0 aliphatic rings. The van der Waals surface area contributed by atoms with Crippen molar-refractivity contribution in [3.05, 3.63) is 219 Å².